The van der Waals surface area contributed by atoms with Crippen molar-refractivity contribution in [1.29, 1.82) is 0 Å². The maximum absolute atomic E-state index is 6.42. The summed E-state index contributed by atoms with van der Waals surface area (Å²) in [6.45, 7) is 6.32. The van der Waals surface area contributed by atoms with Crippen LogP contribution in [0, 0.1) is 5.92 Å². The van der Waals surface area contributed by atoms with Gasteiger partial charge in [-0.05, 0) is 56.5 Å². The number of hydrogen-bond donors (Lipinski definition) is 1. The van der Waals surface area contributed by atoms with Gasteiger partial charge in [0.05, 0.1) is 0 Å². The Morgan fingerprint density at radius 3 is 2.80 bits per heavy atom. The molecule has 3 atom stereocenters. The van der Waals surface area contributed by atoms with Crippen LogP contribution in [-0.4, -0.2) is 24.0 Å². The number of nitrogens with two attached hydrogens (primary N) is 1. The summed E-state index contributed by atoms with van der Waals surface area (Å²) in [6, 6.07) is 7.11. The molecule has 0 spiro atoms. The third kappa shape index (κ3) is 3.38. The molecule has 0 radical (unpaired) electrons. The fourth-order valence-electron chi connectivity index (χ4n) is 3.54. The Kier molecular flexibility index (Phi) is 5.91. The highest BCUT2D eigenvalue weighted by atomic mass is 79.9. The molecule has 1 aliphatic carbocycles. The van der Waals surface area contributed by atoms with E-state index < -0.39 is 0 Å². The standard InChI is InChI=1S/C16H24BrClN2/c1-3-20(16-6-4-5-12(16)10-19)11(2)14-8-7-13(17)9-15(14)18/h7-9,11-12,16H,3-6,10,19H2,1-2H3. The minimum Gasteiger partial charge on any atom is -0.330 e. The summed E-state index contributed by atoms with van der Waals surface area (Å²) in [6.07, 6.45) is 3.82. The van der Waals surface area contributed by atoms with Crippen molar-refractivity contribution in [3.8, 4) is 0 Å². The Bertz CT molecular complexity index is 452. The van der Waals surface area contributed by atoms with Gasteiger partial charge in [0.25, 0.3) is 0 Å². The second-order valence-electron chi connectivity index (χ2n) is 5.67. The van der Waals surface area contributed by atoms with E-state index in [0.29, 0.717) is 18.0 Å². The fourth-order valence-corrected chi connectivity index (χ4v) is 4.37. The van der Waals surface area contributed by atoms with E-state index in [4.69, 9.17) is 17.3 Å². The molecule has 4 heteroatoms. The molecule has 0 heterocycles. The first-order chi connectivity index (χ1) is 9.58. The van der Waals surface area contributed by atoms with Crippen LogP contribution >= 0.6 is 27.5 Å². The van der Waals surface area contributed by atoms with E-state index in [1.165, 1.54) is 24.8 Å². The van der Waals surface area contributed by atoms with Gasteiger partial charge in [-0.2, -0.15) is 0 Å². The second-order valence-corrected chi connectivity index (χ2v) is 6.99. The molecule has 1 saturated carbocycles. The number of nitrogens with zero attached hydrogens (tertiary/aromatic N) is 1. The zero-order valence-corrected chi connectivity index (χ0v) is 14.6. The highest BCUT2D eigenvalue weighted by molar-refractivity contribution is 9.10. The van der Waals surface area contributed by atoms with Gasteiger partial charge in [-0.15, -0.1) is 0 Å². The molecule has 2 nitrogen and oxygen atoms in total. The summed E-state index contributed by atoms with van der Waals surface area (Å²) in [5, 5.41) is 0.840. The maximum atomic E-state index is 6.42. The van der Waals surface area contributed by atoms with Crippen molar-refractivity contribution < 1.29 is 0 Å². The zero-order valence-electron chi connectivity index (χ0n) is 12.3. The monoisotopic (exact) mass is 358 g/mol. The molecule has 2 rings (SSSR count). The molecule has 112 valence electrons. The van der Waals surface area contributed by atoms with Crippen molar-refractivity contribution in [2.75, 3.05) is 13.1 Å². The highest BCUT2D eigenvalue weighted by Gasteiger charge is 2.33. The molecule has 0 aliphatic heterocycles. The quantitative estimate of drug-likeness (QED) is 0.831. The van der Waals surface area contributed by atoms with Crippen molar-refractivity contribution in [1.82, 2.24) is 4.90 Å². The summed E-state index contributed by atoms with van der Waals surface area (Å²) in [5.74, 6) is 0.631. The number of hydrogen-bond acceptors (Lipinski definition) is 2. The Balaban J connectivity index is 2.22. The van der Waals surface area contributed by atoms with Crippen LogP contribution in [0.4, 0.5) is 0 Å². The van der Waals surface area contributed by atoms with E-state index >= 15 is 0 Å². The third-order valence-electron chi connectivity index (χ3n) is 4.62. The van der Waals surface area contributed by atoms with Crippen LogP contribution in [-0.2, 0) is 0 Å². The minimum absolute atomic E-state index is 0.331. The van der Waals surface area contributed by atoms with Gasteiger partial charge in [0.1, 0.15) is 0 Å². The average Bonchev–Trinajstić information content (AvgIpc) is 2.87. The molecular formula is C16H24BrClN2. The Labute approximate surface area is 135 Å². The molecule has 0 amide bonds. The van der Waals surface area contributed by atoms with Crippen molar-refractivity contribution in [2.45, 2.75) is 45.2 Å². The van der Waals surface area contributed by atoms with Crippen LogP contribution in [0.15, 0.2) is 22.7 Å². The summed E-state index contributed by atoms with van der Waals surface area (Å²) in [4.78, 5) is 2.57. The van der Waals surface area contributed by atoms with E-state index in [9.17, 15) is 0 Å². The fraction of sp³-hybridized carbons (Fsp3) is 0.625. The minimum atomic E-state index is 0.331. The number of halogens is 2. The van der Waals surface area contributed by atoms with Gasteiger partial charge in [0, 0.05) is 21.6 Å². The molecule has 2 N–H and O–H groups in total. The molecular weight excluding hydrogens is 336 g/mol. The lowest BCUT2D eigenvalue weighted by Gasteiger charge is -2.37. The predicted octanol–water partition coefficient (Wildman–Crippen LogP) is 4.61. The first kappa shape index (κ1) is 16.3. The summed E-state index contributed by atoms with van der Waals surface area (Å²) < 4.78 is 1.03. The topological polar surface area (TPSA) is 29.3 Å². The molecule has 0 aromatic heterocycles. The Hall–Kier alpha value is -0.0900. The molecule has 1 aliphatic rings. The summed E-state index contributed by atoms with van der Waals surface area (Å²) >= 11 is 9.89. The van der Waals surface area contributed by atoms with Crippen LogP contribution in [0.5, 0.6) is 0 Å². The molecule has 3 unspecified atom stereocenters. The molecule has 1 aromatic carbocycles. The lowest BCUT2D eigenvalue weighted by atomic mass is 9.98. The SMILES string of the molecule is CCN(C(C)c1ccc(Br)cc1Cl)C1CCCC1CN. The molecule has 20 heavy (non-hydrogen) atoms. The van der Waals surface area contributed by atoms with E-state index in [1.54, 1.807) is 0 Å². The van der Waals surface area contributed by atoms with Crippen LogP contribution in [0.3, 0.4) is 0 Å². The average molecular weight is 360 g/mol. The van der Waals surface area contributed by atoms with E-state index in [2.05, 4.69) is 46.8 Å². The van der Waals surface area contributed by atoms with Gasteiger partial charge >= 0.3 is 0 Å². The Morgan fingerprint density at radius 1 is 1.45 bits per heavy atom. The predicted molar refractivity (Wildman–Crippen MR) is 90.1 cm³/mol. The number of rotatable bonds is 5. The van der Waals surface area contributed by atoms with Gasteiger partial charge in [-0.1, -0.05) is 46.9 Å². The van der Waals surface area contributed by atoms with Crippen LogP contribution in [0.2, 0.25) is 5.02 Å². The van der Waals surface area contributed by atoms with Gasteiger partial charge in [-0.25, -0.2) is 0 Å². The Morgan fingerprint density at radius 2 is 2.20 bits per heavy atom. The zero-order chi connectivity index (χ0) is 14.7. The lowest BCUT2D eigenvalue weighted by molar-refractivity contribution is 0.123. The first-order valence-corrected chi connectivity index (χ1v) is 8.66. The summed E-state index contributed by atoms with van der Waals surface area (Å²) in [5.41, 5.74) is 7.15. The molecule has 1 aromatic rings. The highest BCUT2D eigenvalue weighted by Crippen LogP contribution is 2.36. The first-order valence-electron chi connectivity index (χ1n) is 7.49. The van der Waals surface area contributed by atoms with Crippen molar-refractivity contribution in [3.05, 3.63) is 33.3 Å². The van der Waals surface area contributed by atoms with Gasteiger partial charge in [0.2, 0.25) is 0 Å². The lowest BCUT2D eigenvalue weighted by Crippen LogP contribution is -2.41. The van der Waals surface area contributed by atoms with E-state index in [0.717, 1.165) is 22.6 Å². The van der Waals surface area contributed by atoms with Gasteiger partial charge in [-0.3, -0.25) is 4.90 Å². The van der Waals surface area contributed by atoms with E-state index in [1.807, 2.05) is 6.07 Å². The smallest absolute Gasteiger partial charge is 0.0464 e. The normalized spacial score (nSPS) is 24.3. The van der Waals surface area contributed by atoms with Gasteiger partial charge < -0.3 is 5.73 Å². The van der Waals surface area contributed by atoms with Gasteiger partial charge in [0.15, 0.2) is 0 Å². The molecule has 0 bridgehead atoms. The van der Waals surface area contributed by atoms with Crippen molar-refractivity contribution >= 4 is 27.5 Å². The number of benzene rings is 1. The third-order valence-corrected chi connectivity index (χ3v) is 5.44. The second kappa shape index (κ2) is 7.26. The van der Waals surface area contributed by atoms with Crippen LogP contribution in [0.25, 0.3) is 0 Å². The maximum Gasteiger partial charge on any atom is 0.0464 e. The molecule has 0 saturated heterocycles. The molecule has 1 fully saturated rings. The largest absolute Gasteiger partial charge is 0.330 e. The van der Waals surface area contributed by atoms with Crippen molar-refractivity contribution in [3.63, 3.8) is 0 Å². The summed E-state index contributed by atoms with van der Waals surface area (Å²) in [7, 11) is 0. The van der Waals surface area contributed by atoms with Crippen LogP contribution < -0.4 is 5.73 Å². The van der Waals surface area contributed by atoms with E-state index in [-0.39, 0.29) is 0 Å². The van der Waals surface area contributed by atoms with Crippen LogP contribution in [0.1, 0.15) is 44.7 Å². The van der Waals surface area contributed by atoms with Crippen molar-refractivity contribution in [2.24, 2.45) is 11.7 Å².